The molecule has 2 heterocycles. The van der Waals surface area contributed by atoms with Crippen LogP contribution in [0.2, 0.25) is 0 Å². The number of anilines is 1. The summed E-state index contributed by atoms with van der Waals surface area (Å²) in [7, 11) is 0. The summed E-state index contributed by atoms with van der Waals surface area (Å²) < 4.78 is 16.1. The van der Waals surface area contributed by atoms with Crippen LogP contribution in [0.25, 0.3) is 10.9 Å². The lowest BCUT2D eigenvalue weighted by Crippen LogP contribution is -2.12. The largest absolute Gasteiger partial charge is 0.368 e. The van der Waals surface area contributed by atoms with E-state index in [9.17, 15) is 4.39 Å². The Morgan fingerprint density at radius 3 is 2.86 bits per heavy atom. The molecule has 0 saturated heterocycles. The molecule has 108 valence electrons. The van der Waals surface area contributed by atoms with E-state index in [1.165, 1.54) is 12.4 Å². The SMILES string of the molecule is Cc1ccc(F)c2c1cc(C)n2CCNc1ccncn1. The highest BCUT2D eigenvalue weighted by Crippen LogP contribution is 2.25. The molecule has 0 aliphatic rings. The number of fused-ring (bicyclic) bond motifs is 1. The Morgan fingerprint density at radius 2 is 2.10 bits per heavy atom. The Labute approximate surface area is 122 Å². The smallest absolute Gasteiger partial charge is 0.147 e. The second kappa shape index (κ2) is 5.52. The van der Waals surface area contributed by atoms with Crippen LogP contribution in [-0.4, -0.2) is 21.1 Å². The van der Waals surface area contributed by atoms with Crippen molar-refractivity contribution in [2.75, 3.05) is 11.9 Å². The summed E-state index contributed by atoms with van der Waals surface area (Å²) in [6, 6.07) is 7.20. The van der Waals surface area contributed by atoms with E-state index in [1.54, 1.807) is 6.20 Å². The Morgan fingerprint density at radius 1 is 1.24 bits per heavy atom. The average molecular weight is 284 g/mol. The summed E-state index contributed by atoms with van der Waals surface area (Å²) in [5, 5.41) is 4.20. The molecule has 3 rings (SSSR count). The van der Waals surface area contributed by atoms with Crippen LogP contribution in [0, 0.1) is 19.7 Å². The molecule has 0 spiro atoms. The van der Waals surface area contributed by atoms with E-state index in [2.05, 4.69) is 15.3 Å². The second-order valence-electron chi connectivity index (χ2n) is 5.09. The predicted octanol–water partition coefficient (Wildman–Crippen LogP) is 3.30. The molecule has 4 nitrogen and oxygen atoms in total. The van der Waals surface area contributed by atoms with Gasteiger partial charge in [0.25, 0.3) is 0 Å². The maximum absolute atomic E-state index is 14.1. The fourth-order valence-electron chi connectivity index (χ4n) is 2.58. The first kappa shape index (κ1) is 13.5. The van der Waals surface area contributed by atoms with E-state index in [4.69, 9.17) is 0 Å². The zero-order valence-corrected chi connectivity index (χ0v) is 12.1. The molecule has 0 saturated carbocycles. The number of hydrogen-bond acceptors (Lipinski definition) is 3. The third kappa shape index (κ3) is 2.59. The summed E-state index contributed by atoms with van der Waals surface area (Å²) in [6.07, 6.45) is 3.19. The van der Waals surface area contributed by atoms with Crippen molar-refractivity contribution in [2.45, 2.75) is 20.4 Å². The van der Waals surface area contributed by atoms with E-state index < -0.39 is 0 Å². The van der Waals surface area contributed by atoms with Crippen LogP contribution in [0.4, 0.5) is 10.2 Å². The minimum Gasteiger partial charge on any atom is -0.368 e. The molecule has 0 bridgehead atoms. The van der Waals surface area contributed by atoms with Crippen molar-refractivity contribution in [3.05, 3.63) is 53.9 Å². The number of halogens is 1. The number of aryl methyl sites for hydroxylation is 2. The summed E-state index contributed by atoms with van der Waals surface area (Å²) in [4.78, 5) is 7.98. The maximum Gasteiger partial charge on any atom is 0.147 e. The van der Waals surface area contributed by atoms with Gasteiger partial charge in [-0.2, -0.15) is 0 Å². The first-order chi connectivity index (χ1) is 10.2. The van der Waals surface area contributed by atoms with Gasteiger partial charge < -0.3 is 9.88 Å². The summed E-state index contributed by atoms with van der Waals surface area (Å²) in [5.74, 6) is 0.599. The van der Waals surface area contributed by atoms with Gasteiger partial charge >= 0.3 is 0 Å². The van der Waals surface area contributed by atoms with Gasteiger partial charge in [0.1, 0.15) is 18.0 Å². The van der Waals surface area contributed by atoms with Crippen LogP contribution < -0.4 is 5.32 Å². The number of rotatable bonds is 4. The van der Waals surface area contributed by atoms with Gasteiger partial charge in [-0.15, -0.1) is 0 Å². The zero-order chi connectivity index (χ0) is 14.8. The van der Waals surface area contributed by atoms with Crippen LogP contribution in [-0.2, 0) is 6.54 Å². The lowest BCUT2D eigenvalue weighted by molar-refractivity contribution is 0.621. The third-order valence-corrected chi connectivity index (χ3v) is 3.66. The van der Waals surface area contributed by atoms with Crippen LogP contribution >= 0.6 is 0 Å². The van der Waals surface area contributed by atoms with Gasteiger partial charge in [0.15, 0.2) is 0 Å². The van der Waals surface area contributed by atoms with Crippen LogP contribution in [0.15, 0.2) is 36.8 Å². The van der Waals surface area contributed by atoms with Crippen molar-refractivity contribution < 1.29 is 4.39 Å². The quantitative estimate of drug-likeness (QED) is 0.799. The van der Waals surface area contributed by atoms with Crippen LogP contribution in [0.5, 0.6) is 0 Å². The Hall–Kier alpha value is -2.43. The van der Waals surface area contributed by atoms with E-state index in [1.807, 2.05) is 36.6 Å². The van der Waals surface area contributed by atoms with Crippen LogP contribution in [0.3, 0.4) is 0 Å². The normalized spacial score (nSPS) is 11.0. The molecule has 5 heteroatoms. The highest BCUT2D eigenvalue weighted by atomic mass is 19.1. The molecule has 0 aliphatic carbocycles. The lowest BCUT2D eigenvalue weighted by Gasteiger charge is -2.10. The molecule has 2 aromatic heterocycles. The third-order valence-electron chi connectivity index (χ3n) is 3.66. The summed E-state index contributed by atoms with van der Waals surface area (Å²) in [6.45, 7) is 5.36. The first-order valence-corrected chi connectivity index (χ1v) is 6.91. The number of nitrogens with one attached hydrogen (secondary N) is 1. The van der Waals surface area contributed by atoms with Gasteiger partial charge in [0, 0.05) is 30.4 Å². The van der Waals surface area contributed by atoms with Crippen LogP contribution in [0.1, 0.15) is 11.3 Å². The molecule has 21 heavy (non-hydrogen) atoms. The van der Waals surface area contributed by atoms with Crippen molar-refractivity contribution in [1.29, 1.82) is 0 Å². The monoisotopic (exact) mass is 284 g/mol. The number of hydrogen-bond donors (Lipinski definition) is 1. The minimum atomic E-state index is -0.175. The van der Waals surface area contributed by atoms with Gasteiger partial charge in [-0.3, -0.25) is 0 Å². The molecule has 0 aliphatic heterocycles. The van der Waals surface area contributed by atoms with Gasteiger partial charge in [0.2, 0.25) is 0 Å². The predicted molar refractivity (Wildman–Crippen MR) is 81.9 cm³/mol. The molecular formula is C16H17FN4. The Balaban J connectivity index is 1.84. The molecule has 0 atom stereocenters. The summed E-state index contributed by atoms with van der Waals surface area (Å²) >= 11 is 0. The van der Waals surface area contributed by atoms with Crippen molar-refractivity contribution >= 4 is 16.7 Å². The molecule has 3 aromatic rings. The number of aromatic nitrogens is 3. The van der Waals surface area contributed by atoms with E-state index in [-0.39, 0.29) is 5.82 Å². The standard InChI is InChI=1S/C16H17FN4/c1-11-3-4-14(17)16-13(11)9-12(2)21(16)8-7-19-15-5-6-18-10-20-15/h3-6,9-10H,7-8H2,1-2H3,(H,18,19,20). The van der Waals surface area contributed by atoms with Gasteiger partial charge in [-0.1, -0.05) is 6.07 Å². The molecular weight excluding hydrogens is 267 g/mol. The summed E-state index contributed by atoms with van der Waals surface area (Å²) in [5.41, 5.74) is 2.83. The Bertz CT molecular complexity index is 765. The molecule has 0 amide bonds. The van der Waals surface area contributed by atoms with Crippen molar-refractivity contribution in [2.24, 2.45) is 0 Å². The van der Waals surface area contributed by atoms with Gasteiger partial charge in [-0.05, 0) is 37.6 Å². The van der Waals surface area contributed by atoms with Crippen molar-refractivity contribution in [3.8, 4) is 0 Å². The average Bonchev–Trinajstić information content (AvgIpc) is 2.83. The minimum absolute atomic E-state index is 0.175. The van der Waals surface area contributed by atoms with Crippen molar-refractivity contribution in [1.82, 2.24) is 14.5 Å². The van der Waals surface area contributed by atoms with Crippen molar-refractivity contribution in [3.63, 3.8) is 0 Å². The fourth-order valence-corrected chi connectivity index (χ4v) is 2.58. The molecule has 0 fully saturated rings. The van der Waals surface area contributed by atoms with Gasteiger partial charge in [-0.25, -0.2) is 14.4 Å². The van der Waals surface area contributed by atoms with E-state index >= 15 is 0 Å². The number of benzene rings is 1. The van der Waals surface area contributed by atoms with Gasteiger partial charge in [0.05, 0.1) is 5.52 Å². The molecule has 1 aromatic carbocycles. The van der Waals surface area contributed by atoms with E-state index in [0.29, 0.717) is 18.6 Å². The second-order valence-corrected chi connectivity index (χ2v) is 5.09. The van der Waals surface area contributed by atoms with E-state index in [0.717, 1.165) is 22.5 Å². The highest BCUT2D eigenvalue weighted by molar-refractivity contribution is 5.85. The Kier molecular flexibility index (Phi) is 3.56. The maximum atomic E-state index is 14.1. The topological polar surface area (TPSA) is 42.7 Å². The lowest BCUT2D eigenvalue weighted by atomic mass is 10.1. The number of nitrogens with zero attached hydrogens (tertiary/aromatic N) is 3. The highest BCUT2D eigenvalue weighted by Gasteiger charge is 2.11. The molecule has 1 N–H and O–H groups in total. The molecule has 0 unspecified atom stereocenters. The molecule has 0 radical (unpaired) electrons. The zero-order valence-electron chi connectivity index (χ0n) is 12.1. The first-order valence-electron chi connectivity index (χ1n) is 6.91. The fraction of sp³-hybridized carbons (Fsp3) is 0.250.